The van der Waals surface area contributed by atoms with Crippen LogP contribution in [0.3, 0.4) is 0 Å². The number of carbonyl (C=O) groups excluding carboxylic acids is 1. The molecule has 1 amide bonds. The average Bonchev–Trinajstić information content (AvgIpc) is 2.77. The number of nitrogens with zero attached hydrogens (tertiary/aromatic N) is 1. The number of H-pyrrole nitrogens is 1. The van der Waals surface area contributed by atoms with Crippen molar-refractivity contribution in [3.8, 4) is 5.75 Å². The van der Waals surface area contributed by atoms with Crippen LogP contribution in [0.1, 0.15) is 21.6 Å². The van der Waals surface area contributed by atoms with Crippen LogP contribution in [0.4, 0.5) is 5.82 Å². The molecule has 0 aliphatic rings. The Balaban J connectivity index is 2.05. The molecule has 0 bridgehead atoms. The number of rotatable bonds is 5. The van der Waals surface area contributed by atoms with Crippen molar-refractivity contribution in [2.24, 2.45) is 0 Å². The van der Waals surface area contributed by atoms with Crippen molar-refractivity contribution in [2.75, 3.05) is 11.9 Å². The maximum absolute atomic E-state index is 12.1. The SMILES string of the molecule is C=CCOc1ccc(C(=O)Nc2n[nH]c(C)c2C)cc1. The number of amides is 1. The lowest BCUT2D eigenvalue weighted by Crippen LogP contribution is -2.12. The predicted molar refractivity (Wildman–Crippen MR) is 78.1 cm³/mol. The maximum atomic E-state index is 12.1. The summed E-state index contributed by atoms with van der Waals surface area (Å²) in [5.41, 5.74) is 2.42. The average molecular weight is 271 g/mol. The minimum atomic E-state index is -0.199. The largest absolute Gasteiger partial charge is 0.490 e. The maximum Gasteiger partial charge on any atom is 0.256 e. The number of ether oxygens (including phenoxy) is 1. The lowest BCUT2D eigenvalue weighted by Gasteiger charge is -2.05. The number of benzene rings is 1. The molecule has 2 aromatic rings. The molecule has 0 saturated carbocycles. The fraction of sp³-hybridized carbons (Fsp3) is 0.200. The number of nitrogens with one attached hydrogen (secondary N) is 2. The van der Waals surface area contributed by atoms with Gasteiger partial charge >= 0.3 is 0 Å². The first-order valence-electron chi connectivity index (χ1n) is 6.28. The van der Waals surface area contributed by atoms with Gasteiger partial charge in [0, 0.05) is 16.8 Å². The van der Waals surface area contributed by atoms with Gasteiger partial charge in [0.2, 0.25) is 0 Å². The van der Waals surface area contributed by atoms with E-state index in [0.717, 1.165) is 11.3 Å². The zero-order valence-electron chi connectivity index (χ0n) is 11.6. The molecule has 1 aromatic carbocycles. The summed E-state index contributed by atoms with van der Waals surface area (Å²) in [7, 11) is 0. The standard InChI is InChI=1S/C15H17N3O2/c1-4-9-20-13-7-5-12(6-8-13)15(19)16-14-10(2)11(3)17-18-14/h4-8H,1,9H2,2-3H3,(H2,16,17,18,19). The summed E-state index contributed by atoms with van der Waals surface area (Å²) in [4.78, 5) is 12.1. The molecule has 104 valence electrons. The van der Waals surface area contributed by atoms with Gasteiger partial charge in [0.15, 0.2) is 5.82 Å². The molecule has 0 spiro atoms. The van der Waals surface area contributed by atoms with Gasteiger partial charge in [-0.3, -0.25) is 9.89 Å². The van der Waals surface area contributed by atoms with Crippen molar-refractivity contribution >= 4 is 11.7 Å². The van der Waals surface area contributed by atoms with Crippen LogP contribution < -0.4 is 10.1 Å². The Morgan fingerprint density at radius 3 is 2.65 bits per heavy atom. The number of anilines is 1. The van der Waals surface area contributed by atoms with E-state index in [1.54, 1.807) is 30.3 Å². The van der Waals surface area contributed by atoms with Crippen LogP contribution in [0.15, 0.2) is 36.9 Å². The van der Waals surface area contributed by atoms with Crippen LogP contribution in [-0.2, 0) is 0 Å². The van der Waals surface area contributed by atoms with Gasteiger partial charge in [-0.2, -0.15) is 5.10 Å². The van der Waals surface area contributed by atoms with Crippen molar-refractivity contribution in [1.29, 1.82) is 0 Å². The summed E-state index contributed by atoms with van der Waals surface area (Å²) < 4.78 is 5.36. The van der Waals surface area contributed by atoms with E-state index in [4.69, 9.17) is 4.74 Å². The molecule has 0 atom stereocenters. The highest BCUT2D eigenvalue weighted by atomic mass is 16.5. The molecule has 2 N–H and O–H groups in total. The molecule has 5 heteroatoms. The first-order chi connectivity index (χ1) is 9.61. The third-order valence-electron chi connectivity index (χ3n) is 2.97. The molecular formula is C15H17N3O2. The molecule has 20 heavy (non-hydrogen) atoms. The summed E-state index contributed by atoms with van der Waals surface area (Å²) >= 11 is 0. The number of aromatic nitrogens is 2. The zero-order valence-corrected chi connectivity index (χ0v) is 11.6. The molecule has 0 unspecified atom stereocenters. The lowest BCUT2D eigenvalue weighted by molar-refractivity contribution is 0.102. The van der Waals surface area contributed by atoms with Crippen LogP contribution in [-0.4, -0.2) is 22.7 Å². The summed E-state index contributed by atoms with van der Waals surface area (Å²) in [6, 6.07) is 6.92. The minimum Gasteiger partial charge on any atom is -0.490 e. The number of hydrogen-bond acceptors (Lipinski definition) is 3. The lowest BCUT2D eigenvalue weighted by atomic mass is 10.2. The number of hydrogen-bond donors (Lipinski definition) is 2. The van der Waals surface area contributed by atoms with Crippen LogP contribution in [0.2, 0.25) is 0 Å². The molecule has 0 aliphatic carbocycles. The summed E-state index contributed by atoms with van der Waals surface area (Å²) in [5.74, 6) is 1.06. The zero-order chi connectivity index (χ0) is 14.5. The Morgan fingerprint density at radius 1 is 1.40 bits per heavy atom. The molecule has 0 fully saturated rings. The summed E-state index contributed by atoms with van der Waals surface area (Å²) in [6.07, 6.45) is 1.67. The Bertz CT molecular complexity index is 615. The molecule has 0 aliphatic heterocycles. The van der Waals surface area contributed by atoms with Gasteiger partial charge < -0.3 is 10.1 Å². The fourth-order valence-electron chi connectivity index (χ4n) is 1.64. The van der Waals surface area contributed by atoms with Crippen molar-refractivity contribution < 1.29 is 9.53 Å². The smallest absolute Gasteiger partial charge is 0.256 e. The van der Waals surface area contributed by atoms with E-state index in [0.29, 0.717) is 23.7 Å². The van der Waals surface area contributed by atoms with Crippen molar-refractivity contribution in [2.45, 2.75) is 13.8 Å². The molecule has 1 heterocycles. The van der Waals surface area contributed by atoms with Gasteiger partial charge in [0.05, 0.1) is 0 Å². The van der Waals surface area contributed by atoms with Gasteiger partial charge in [-0.1, -0.05) is 12.7 Å². The highest BCUT2D eigenvalue weighted by Crippen LogP contribution is 2.16. The number of aryl methyl sites for hydroxylation is 1. The first-order valence-corrected chi connectivity index (χ1v) is 6.28. The van der Waals surface area contributed by atoms with Crippen LogP contribution >= 0.6 is 0 Å². The highest BCUT2D eigenvalue weighted by Gasteiger charge is 2.11. The quantitative estimate of drug-likeness (QED) is 0.822. The van der Waals surface area contributed by atoms with Gasteiger partial charge in [-0.05, 0) is 38.1 Å². The first kappa shape index (κ1) is 13.9. The van der Waals surface area contributed by atoms with Crippen LogP contribution in [0.25, 0.3) is 0 Å². The second kappa shape index (κ2) is 6.06. The molecule has 0 radical (unpaired) electrons. The van der Waals surface area contributed by atoms with Gasteiger partial charge in [-0.25, -0.2) is 0 Å². The van der Waals surface area contributed by atoms with E-state index in [2.05, 4.69) is 22.1 Å². The van der Waals surface area contributed by atoms with E-state index in [1.165, 1.54) is 0 Å². The van der Waals surface area contributed by atoms with E-state index in [1.807, 2.05) is 13.8 Å². The Morgan fingerprint density at radius 2 is 2.10 bits per heavy atom. The van der Waals surface area contributed by atoms with E-state index in [9.17, 15) is 4.79 Å². The molecular weight excluding hydrogens is 254 g/mol. The Labute approximate surface area is 117 Å². The Hall–Kier alpha value is -2.56. The molecule has 0 saturated heterocycles. The molecule has 5 nitrogen and oxygen atoms in total. The van der Waals surface area contributed by atoms with Crippen molar-refractivity contribution in [1.82, 2.24) is 10.2 Å². The molecule has 1 aromatic heterocycles. The molecule has 2 rings (SSSR count). The van der Waals surface area contributed by atoms with E-state index in [-0.39, 0.29) is 5.91 Å². The Kier molecular flexibility index (Phi) is 4.20. The van der Waals surface area contributed by atoms with Crippen LogP contribution in [0.5, 0.6) is 5.75 Å². The van der Waals surface area contributed by atoms with Gasteiger partial charge in [-0.15, -0.1) is 0 Å². The van der Waals surface area contributed by atoms with Crippen molar-refractivity contribution in [3.63, 3.8) is 0 Å². The normalized spacial score (nSPS) is 10.1. The monoisotopic (exact) mass is 271 g/mol. The third kappa shape index (κ3) is 3.06. The summed E-state index contributed by atoms with van der Waals surface area (Å²) in [6.45, 7) is 7.83. The predicted octanol–water partition coefficient (Wildman–Crippen LogP) is 2.84. The highest BCUT2D eigenvalue weighted by molar-refractivity contribution is 6.04. The second-order valence-electron chi connectivity index (χ2n) is 4.40. The second-order valence-corrected chi connectivity index (χ2v) is 4.40. The van der Waals surface area contributed by atoms with Gasteiger partial charge in [0.1, 0.15) is 12.4 Å². The number of aromatic amines is 1. The fourth-order valence-corrected chi connectivity index (χ4v) is 1.64. The summed E-state index contributed by atoms with van der Waals surface area (Å²) in [5, 5.41) is 9.65. The van der Waals surface area contributed by atoms with Crippen molar-refractivity contribution in [3.05, 3.63) is 53.7 Å². The van der Waals surface area contributed by atoms with Gasteiger partial charge in [0.25, 0.3) is 5.91 Å². The topological polar surface area (TPSA) is 67.0 Å². The third-order valence-corrected chi connectivity index (χ3v) is 2.97. The van der Waals surface area contributed by atoms with E-state index < -0.39 is 0 Å². The van der Waals surface area contributed by atoms with Crippen LogP contribution in [0, 0.1) is 13.8 Å². The number of carbonyl (C=O) groups is 1. The minimum absolute atomic E-state index is 0.199. The van der Waals surface area contributed by atoms with E-state index >= 15 is 0 Å².